The van der Waals surface area contributed by atoms with Crippen molar-refractivity contribution in [3.05, 3.63) is 41.7 Å². The van der Waals surface area contributed by atoms with Crippen molar-refractivity contribution >= 4 is 12.0 Å². The van der Waals surface area contributed by atoms with Crippen LogP contribution in [-0.2, 0) is 4.79 Å². The number of piperidine rings is 1. The number of hydrogen-bond donors (Lipinski definition) is 1. The standard InChI is InChI=1S/C17H22FNO2/c1-13(20)15-5-3-11-19(12-15)17(21)6-2-4-14-7-9-16(18)10-8-14/h2,4,7-10,13,15,20H,3,5-6,11-12H2,1H3/b4-2+. The molecule has 21 heavy (non-hydrogen) atoms. The number of rotatable bonds is 4. The SMILES string of the molecule is CC(O)C1CCCN(C(=O)C/C=C/c2ccc(F)cc2)C1. The van der Waals surface area contributed by atoms with E-state index in [0.29, 0.717) is 13.0 Å². The van der Waals surface area contributed by atoms with Crippen molar-refractivity contribution in [3.63, 3.8) is 0 Å². The lowest BCUT2D eigenvalue weighted by Gasteiger charge is -2.34. The summed E-state index contributed by atoms with van der Waals surface area (Å²) in [5, 5.41) is 9.64. The Hall–Kier alpha value is -1.68. The molecule has 1 N–H and O–H groups in total. The molecule has 0 spiro atoms. The smallest absolute Gasteiger partial charge is 0.226 e. The summed E-state index contributed by atoms with van der Waals surface area (Å²) in [5.41, 5.74) is 0.879. The van der Waals surface area contributed by atoms with E-state index >= 15 is 0 Å². The zero-order chi connectivity index (χ0) is 15.2. The Morgan fingerprint density at radius 2 is 2.19 bits per heavy atom. The van der Waals surface area contributed by atoms with Crippen LogP contribution < -0.4 is 0 Å². The van der Waals surface area contributed by atoms with E-state index in [1.807, 2.05) is 17.1 Å². The van der Waals surface area contributed by atoms with Gasteiger partial charge >= 0.3 is 0 Å². The van der Waals surface area contributed by atoms with Gasteiger partial charge in [-0.25, -0.2) is 4.39 Å². The lowest BCUT2D eigenvalue weighted by molar-refractivity contribution is -0.132. The molecule has 0 saturated carbocycles. The predicted octanol–water partition coefficient (Wildman–Crippen LogP) is 2.85. The first-order valence-electron chi connectivity index (χ1n) is 7.44. The molecule has 0 aliphatic carbocycles. The van der Waals surface area contributed by atoms with Crippen LogP contribution in [0.15, 0.2) is 30.3 Å². The molecular formula is C17H22FNO2. The topological polar surface area (TPSA) is 40.5 Å². The summed E-state index contributed by atoms with van der Waals surface area (Å²) in [6.45, 7) is 3.19. The zero-order valence-corrected chi connectivity index (χ0v) is 12.3. The molecule has 4 heteroatoms. The Kier molecular flexibility index (Phi) is 5.51. The Labute approximate surface area is 125 Å². The van der Waals surface area contributed by atoms with E-state index in [4.69, 9.17) is 0 Å². The van der Waals surface area contributed by atoms with Gasteiger partial charge in [-0.1, -0.05) is 24.3 Å². The number of amides is 1. The molecule has 0 aromatic heterocycles. The highest BCUT2D eigenvalue weighted by Crippen LogP contribution is 2.20. The molecule has 2 unspecified atom stereocenters. The number of hydrogen-bond acceptors (Lipinski definition) is 2. The largest absolute Gasteiger partial charge is 0.393 e. The molecule has 2 atom stereocenters. The van der Waals surface area contributed by atoms with E-state index < -0.39 is 0 Å². The number of carbonyl (C=O) groups excluding carboxylic acids is 1. The molecule has 3 nitrogen and oxygen atoms in total. The molecule has 1 amide bonds. The second kappa shape index (κ2) is 7.36. The first kappa shape index (κ1) is 15.7. The summed E-state index contributed by atoms with van der Waals surface area (Å²) in [4.78, 5) is 14.0. The first-order valence-corrected chi connectivity index (χ1v) is 7.44. The summed E-state index contributed by atoms with van der Waals surface area (Å²) in [7, 11) is 0. The number of carbonyl (C=O) groups is 1. The number of likely N-dealkylation sites (tertiary alicyclic amines) is 1. The number of aliphatic hydroxyl groups is 1. The van der Waals surface area contributed by atoms with Gasteiger partial charge in [0.1, 0.15) is 5.82 Å². The lowest BCUT2D eigenvalue weighted by Crippen LogP contribution is -2.42. The van der Waals surface area contributed by atoms with Crippen molar-refractivity contribution < 1.29 is 14.3 Å². The van der Waals surface area contributed by atoms with Crippen LogP contribution in [0.25, 0.3) is 6.08 Å². The van der Waals surface area contributed by atoms with E-state index in [0.717, 1.165) is 24.9 Å². The van der Waals surface area contributed by atoms with Crippen molar-refractivity contribution in [2.45, 2.75) is 32.3 Å². The Balaban J connectivity index is 1.85. The molecule has 1 heterocycles. The zero-order valence-electron chi connectivity index (χ0n) is 12.3. The van der Waals surface area contributed by atoms with Gasteiger partial charge in [0.25, 0.3) is 0 Å². The van der Waals surface area contributed by atoms with E-state index in [9.17, 15) is 14.3 Å². The van der Waals surface area contributed by atoms with Crippen LogP contribution in [0.4, 0.5) is 4.39 Å². The van der Waals surface area contributed by atoms with Gasteiger partial charge in [-0.05, 0) is 37.5 Å². The van der Waals surface area contributed by atoms with Crippen molar-refractivity contribution in [3.8, 4) is 0 Å². The fourth-order valence-electron chi connectivity index (χ4n) is 2.63. The third-order valence-corrected chi connectivity index (χ3v) is 3.97. The Morgan fingerprint density at radius 3 is 2.86 bits per heavy atom. The van der Waals surface area contributed by atoms with Crippen LogP contribution >= 0.6 is 0 Å². The van der Waals surface area contributed by atoms with Crippen LogP contribution in [0.5, 0.6) is 0 Å². The second-order valence-corrected chi connectivity index (χ2v) is 5.64. The van der Waals surface area contributed by atoms with Crippen LogP contribution in [-0.4, -0.2) is 35.1 Å². The molecule has 2 rings (SSSR count). The average Bonchev–Trinajstić information content (AvgIpc) is 2.49. The molecule has 1 aromatic rings. The van der Waals surface area contributed by atoms with Crippen LogP contribution in [0.3, 0.4) is 0 Å². The quantitative estimate of drug-likeness (QED) is 0.926. The van der Waals surface area contributed by atoms with E-state index in [2.05, 4.69) is 0 Å². The summed E-state index contributed by atoms with van der Waals surface area (Å²) in [6, 6.07) is 6.17. The molecule has 0 radical (unpaired) electrons. The molecule has 114 valence electrons. The van der Waals surface area contributed by atoms with Crippen molar-refractivity contribution in [2.75, 3.05) is 13.1 Å². The average molecular weight is 291 g/mol. The maximum absolute atomic E-state index is 12.8. The van der Waals surface area contributed by atoms with Gasteiger partial charge in [0.05, 0.1) is 6.10 Å². The van der Waals surface area contributed by atoms with Gasteiger partial charge in [-0.3, -0.25) is 4.79 Å². The van der Waals surface area contributed by atoms with Gasteiger partial charge < -0.3 is 10.0 Å². The molecule has 1 aliphatic heterocycles. The first-order chi connectivity index (χ1) is 10.1. The van der Waals surface area contributed by atoms with Crippen molar-refractivity contribution in [1.29, 1.82) is 0 Å². The number of aliphatic hydroxyl groups excluding tert-OH is 1. The summed E-state index contributed by atoms with van der Waals surface area (Å²) >= 11 is 0. The van der Waals surface area contributed by atoms with E-state index in [1.165, 1.54) is 12.1 Å². The minimum absolute atomic E-state index is 0.0821. The van der Waals surface area contributed by atoms with Crippen LogP contribution in [0.2, 0.25) is 0 Å². The van der Waals surface area contributed by atoms with Crippen LogP contribution in [0, 0.1) is 11.7 Å². The second-order valence-electron chi connectivity index (χ2n) is 5.64. The Bertz CT molecular complexity index is 496. The highest BCUT2D eigenvalue weighted by Gasteiger charge is 2.25. The van der Waals surface area contributed by atoms with Crippen molar-refractivity contribution in [2.24, 2.45) is 5.92 Å². The molecular weight excluding hydrogens is 269 g/mol. The van der Waals surface area contributed by atoms with Gasteiger partial charge in [0.15, 0.2) is 0 Å². The minimum atomic E-state index is -0.365. The molecule has 1 aliphatic rings. The summed E-state index contributed by atoms with van der Waals surface area (Å²) in [6.07, 6.45) is 5.53. The highest BCUT2D eigenvalue weighted by atomic mass is 19.1. The fourth-order valence-corrected chi connectivity index (χ4v) is 2.63. The summed E-state index contributed by atoms with van der Waals surface area (Å²) in [5.74, 6) is 0.00296. The third-order valence-electron chi connectivity index (χ3n) is 3.97. The predicted molar refractivity (Wildman–Crippen MR) is 81.0 cm³/mol. The molecule has 1 fully saturated rings. The van der Waals surface area contributed by atoms with E-state index in [1.54, 1.807) is 19.1 Å². The monoisotopic (exact) mass is 291 g/mol. The van der Waals surface area contributed by atoms with Crippen molar-refractivity contribution in [1.82, 2.24) is 4.90 Å². The molecule has 0 bridgehead atoms. The molecule has 1 saturated heterocycles. The van der Waals surface area contributed by atoms with E-state index in [-0.39, 0.29) is 23.7 Å². The van der Waals surface area contributed by atoms with Gasteiger partial charge in [-0.15, -0.1) is 0 Å². The number of nitrogens with zero attached hydrogens (tertiary/aromatic N) is 1. The third kappa shape index (κ3) is 4.67. The van der Waals surface area contributed by atoms with Crippen LogP contribution in [0.1, 0.15) is 31.7 Å². The number of halogens is 1. The van der Waals surface area contributed by atoms with Gasteiger partial charge in [0, 0.05) is 25.4 Å². The van der Waals surface area contributed by atoms with Gasteiger partial charge in [-0.2, -0.15) is 0 Å². The lowest BCUT2D eigenvalue weighted by atomic mass is 9.93. The maximum Gasteiger partial charge on any atom is 0.226 e. The Morgan fingerprint density at radius 1 is 1.48 bits per heavy atom. The minimum Gasteiger partial charge on any atom is -0.393 e. The number of benzene rings is 1. The normalized spacial score (nSPS) is 20.7. The van der Waals surface area contributed by atoms with Gasteiger partial charge in [0.2, 0.25) is 5.91 Å². The highest BCUT2D eigenvalue weighted by molar-refractivity contribution is 5.78. The maximum atomic E-state index is 12.8. The summed E-state index contributed by atoms with van der Waals surface area (Å²) < 4.78 is 12.8. The molecule has 1 aromatic carbocycles. The fraction of sp³-hybridized carbons (Fsp3) is 0.471.